The fourth-order valence-corrected chi connectivity index (χ4v) is 4.09. The predicted molar refractivity (Wildman–Crippen MR) is 87.3 cm³/mol. The van der Waals surface area contributed by atoms with Crippen molar-refractivity contribution in [1.29, 1.82) is 0 Å². The maximum atomic E-state index is 11.7. The minimum Gasteiger partial charge on any atom is -0.445 e. The molecule has 22 heavy (non-hydrogen) atoms. The van der Waals surface area contributed by atoms with Crippen LogP contribution in [0.5, 0.6) is 0 Å². The van der Waals surface area contributed by atoms with Gasteiger partial charge in [-0.2, -0.15) is 0 Å². The van der Waals surface area contributed by atoms with E-state index >= 15 is 0 Å². The minimum absolute atomic E-state index is 0.172. The summed E-state index contributed by atoms with van der Waals surface area (Å²) in [6.45, 7) is 4.14. The van der Waals surface area contributed by atoms with Crippen LogP contribution in [0, 0.1) is 5.41 Å². The highest BCUT2D eigenvalue weighted by molar-refractivity contribution is 8.13. The molecule has 0 saturated carbocycles. The Morgan fingerprint density at radius 2 is 1.82 bits per heavy atom. The lowest BCUT2D eigenvalue weighted by atomic mass is 9.84. The summed E-state index contributed by atoms with van der Waals surface area (Å²) in [5.74, 6) is -0.173. The molecule has 1 aromatic carbocycles. The second-order valence-corrected chi connectivity index (χ2v) is 8.08. The normalized spacial score (nSPS) is 12.0. The number of ether oxygens (including phenoxy) is 1. The second-order valence-electron chi connectivity index (χ2n) is 5.31. The third kappa shape index (κ3) is 6.66. The molecule has 0 atom stereocenters. The molecule has 0 aliphatic rings. The Labute approximate surface area is 136 Å². The summed E-state index contributed by atoms with van der Waals surface area (Å²) in [6.07, 6.45) is 0.616. The quantitative estimate of drug-likeness (QED) is 0.732. The van der Waals surface area contributed by atoms with Gasteiger partial charge in [-0.3, -0.25) is 0 Å². The highest BCUT2D eigenvalue weighted by Crippen LogP contribution is 2.28. The van der Waals surface area contributed by atoms with Gasteiger partial charge in [0, 0.05) is 22.6 Å². The van der Waals surface area contributed by atoms with Gasteiger partial charge in [0.25, 0.3) is 0 Å². The van der Waals surface area contributed by atoms with E-state index in [1.807, 2.05) is 44.2 Å². The zero-order chi connectivity index (χ0) is 16.6. The third-order valence-corrected chi connectivity index (χ3v) is 5.08. The van der Waals surface area contributed by atoms with Crippen molar-refractivity contribution in [3.8, 4) is 0 Å². The van der Waals surface area contributed by atoms with Crippen LogP contribution in [0.2, 0.25) is 0 Å². The first kappa shape index (κ1) is 18.8. The first-order chi connectivity index (χ1) is 10.3. The molecule has 0 aliphatic heterocycles. The van der Waals surface area contributed by atoms with Crippen LogP contribution < -0.4 is 5.32 Å². The van der Waals surface area contributed by atoms with Crippen molar-refractivity contribution in [2.75, 3.05) is 12.3 Å². The molecule has 0 spiro atoms. The number of hydrogen-bond acceptors (Lipinski definition) is 4. The first-order valence-electron chi connectivity index (χ1n) is 7.17. The third-order valence-electron chi connectivity index (χ3n) is 3.80. The number of carbonyl (C=O) groups is 1. The number of carbonyl (C=O) groups excluding carboxylic acids is 1. The van der Waals surface area contributed by atoms with Gasteiger partial charge in [-0.05, 0) is 18.4 Å². The Morgan fingerprint density at radius 3 is 2.32 bits per heavy atom. The molecule has 0 unspecified atom stereocenters. The second kappa shape index (κ2) is 8.39. The Morgan fingerprint density at radius 1 is 1.23 bits per heavy atom. The van der Waals surface area contributed by atoms with Crippen LogP contribution in [-0.4, -0.2) is 26.8 Å². The number of benzene rings is 1. The van der Waals surface area contributed by atoms with Gasteiger partial charge in [0.15, 0.2) is 0 Å². The van der Waals surface area contributed by atoms with Crippen molar-refractivity contribution in [3.63, 3.8) is 0 Å². The van der Waals surface area contributed by atoms with Gasteiger partial charge in [-0.1, -0.05) is 44.2 Å². The van der Waals surface area contributed by atoms with Crippen molar-refractivity contribution in [3.05, 3.63) is 35.9 Å². The molecule has 0 heterocycles. The molecular weight excluding hydrogens is 326 g/mol. The molecule has 0 bridgehead atoms. The van der Waals surface area contributed by atoms with Gasteiger partial charge >= 0.3 is 6.09 Å². The van der Waals surface area contributed by atoms with E-state index in [1.165, 1.54) is 0 Å². The summed E-state index contributed by atoms with van der Waals surface area (Å²) in [6, 6.07) is 9.32. The van der Waals surface area contributed by atoms with Crippen LogP contribution in [0.4, 0.5) is 4.79 Å². The zero-order valence-electron chi connectivity index (χ0n) is 12.8. The van der Waals surface area contributed by atoms with Gasteiger partial charge in [-0.25, -0.2) is 13.2 Å². The lowest BCUT2D eigenvalue weighted by Gasteiger charge is -2.30. The lowest BCUT2D eigenvalue weighted by molar-refractivity contribution is 0.133. The lowest BCUT2D eigenvalue weighted by Crippen LogP contribution is -2.40. The largest absolute Gasteiger partial charge is 0.445 e. The van der Waals surface area contributed by atoms with E-state index < -0.39 is 20.6 Å². The van der Waals surface area contributed by atoms with Gasteiger partial charge < -0.3 is 10.1 Å². The van der Waals surface area contributed by atoms with Gasteiger partial charge in [0.1, 0.15) is 6.61 Å². The molecular formula is C15H22ClNO4S. The zero-order valence-corrected chi connectivity index (χ0v) is 14.4. The average molecular weight is 348 g/mol. The highest BCUT2D eigenvalue weighted by Gasteiger charge is 2.32. The van der Waals surface area contributed by atoms with E-state index in [9.17, 15) is 13.2 Å². The topological polar surface area (TPSA) is 72.5 Å². The molecule has 0 saturated heterocycles. The molecule has 0 aliphatic carbocycles. The van der Waals surface area contributed by atoms with Crippen LogP contribution in [0.1, 0.15) is 32.3 Å². The van der Waals surface area contributed by atoms with Gasteiger partial charge in [0.05, 0.1) is 5.75 Å². The molecule has 0 aromatic heterocycles. The smallest absolute Gasteiger partial charge is 0.407 e. The molecule has 1 amide bonds. The van der Waals surface area contributed by atoms with Crippen molar-refractivity contribution < 1.29 is 17.9 Å². The Kier molecular flexibility index (Phi) is 7.16. The summed E-state index contributed by atoms with van der Waals surface area (Å²) >= 11 is 0. The van der Waals surface area contributed by atoms with E-state index in [4.69, 9.17) is 15.4 Å². The summed E-state index contributed by atoms with van der Waals surface area (Å²) in [7, 11) is 1.73. The SMILES string of the molecule is CCC(CC)(CNC(=O)OCc1ccccc1)CS(=O)(=O)Cl. The summed E-state index contributed by atoms with van der Waals surface area (Å²) in [4.78, 5) is 11.7. The van der Waals surface area contributed by atoms with E-state index in [1.54, 1.807) is 0 Å². The maximum absolute atomic E-state index is 11.7. The Balaban J connectivity index is 2.52. The molecule has 5 nitrogen and oxygen atoms in total. The van der Waals surface area contributed by atoms with E-state index in [2.05, 4.69) is 5.32 Å². The van der Waals surface area contributed by atoms with Crippen LogP contribution in [0.25, 0.3) is 0 Å². The van der Waals surface area contributed by atoms with Crippen LogP contribution in [0.15, 0.2) is 30.3 Å². The first-order valence-corrected chi connectivity index (χ1v) is 9.65. The average Bonchev–Trinajstić information content (AvgIpc) is 2.49. The van der Waals surface area contributed by atoms with Crippen LogP contribution in [0.3, 0.4) is 0 Å². The number of hydrogen-bond donors (Lipinski definition) is 1. The van der Waals surface area contributed by atoms with Gasteiger partial charge in [-0.15, -0.1) is 0 Å². The number of nitrogens with one attached hydrogen (secondary N) is 1. The molecule has 1 N–H and O–H groups in total. The minimum atomic E-state index is -3.63. The van der Waals surface area contributed by atoms with Crippen molar-refractivity contribution in [2.24, 2.45) is 5.41 Å². The van der Waals surface area contributed by atoms with Crippen molar-refractivity contribution >= 4 is 25.8 Å². The van der Waals surface area contributed by atoms with Crippen LogP contribution >= 0.6 is 10.7 Å². The number of amides is 1. The summed E-state index contributed by atoms with van der Waals surface area (Å²) in [5.41, 5.74) is 0.310. The monoisotopic (exact) mass is 347 g/mol. The molecule has 1 rings (SSSR count). The fraction of sp³-hybridized carbons (Fsp3) is 0.533. The molecule has 124 valence electrons. The van der Waals surface area contributed by atoms with Crippen molar-refractivity contribution in [1.82, 2.24) is 5.32 Å². The standard InChI is InChI=1S/C15H22ClNO4S/c1-3-15(4-2,12-22(16,19)20)11-17-14(18)21-10-13-8-6-5-7-9-13/h5-9H,3-4,10-12H2,1-2H3,(H,17,18). The Hall–Kier alpha value is -1.27. The van der Waals surface area contributed by atoms with E-state index in [0.717, 1.165) is 5.56 Å². The number of halogens is 1. The summed E-state index contributed by atoms with van der Waals surface area (Å²) in [5, 5.41) is 2.63. The summed E-state index contributed by atoms with van der Waals surface area (Å²) < 4.78 is 27.8. The number of rotatable bonds is 8. The molecule has 1 aromatic rings. The van der Waals surface area contributed by atoms with Crippen LogP contribution in [-0.2, 0) is 20.4 Å². The number of alkyl carbamates (subject to hydrolysis) is 1. The van der Waals surface area contributed by atoms with Crippen molar-refractivity contribution in [2.45, 2.75) is 33.3 Å². The van der Waals surface area contributed by atoms with E-state index in [0.29, 0.717) is 12.8 Å². The molecule has 0 radical (unpaired) electrons. The predicted octanol–water partition coefficient (Wildman–Crippen LogP) is 3.29. The maximum Gasteiger partial charge on any atom is 0.407 e. The van der Waals surface area contributed by atoms with E-state index in [-0.39, 0.29) is 18.9 Å². The Bertz CT molecular complexity index is 570. The highest BCUT2D eigenvalue weighted by atomic mass is 35.7. The molecule has 0 fully saturated rings. The fourth-order valence-electron chi connectivity index (χ4n) is 2.15. The van der Waals surface area contributed by atoms with Gasteiger partial charge in [0.2, 0.25) is 9.05 Å². The molecule has 7 heteroatoms.